The van der Waals surface area contributed by atoms with E-state index in [1.807, 2.05) is 30.3 Å². The van der Waals surface area contributed by atoms with Crippen molar-refractivity contribution in [2.24, 2.45) is 0 Å². The number of imide groups is 1. The van der Waals surface area contributed by atoms with E-state index >= 15 is 0 Å². The minimum atomic E-state index is -0.656. The van der Waals surface area contributed by atoms with Gasteiger partial charge in [0, 0.05) is 6.54 Å². The number of nitrogens with zero attached hydrogens (tertiary/aromatic N) is 1. The average molecular weight is 415 g/mol. The molecule has 3 aromatic rings. The Morgan fingerprint density at radius 2 is 1.45 bits per heavy atom. The smallest absolute Gasteiger partial charge is 0.319 e. The Morgan fingerprint density at radius 1 is 0.871 bits per heavy atom. The summed E-state index contributed by atoms with van der Waals surface area (Å²) in [5, 5.41) is 5.51. The number of fused-ring (bicyclic) bond motifs is 1. The van der Waals surface area contributed by atoms with Crippen LogP contribution >= 0.6 is 0 Å². The Morgan fingerprint density at radius 3 is 2.10 bits per heavy atom. The number of benzene rings is 3. The van der Waals surface area contributed by atoms with E-state index in [4.69, 9.17) is 4.74 Å². The second-order valence-corrected chi connectivity index (χ2v) is 6.99. The van der Waals surface area contributed by atoms with Crippen molar-refractivity contribution in [3.05, 3.63) is 95.6 Å². The van der Waals surface area contributed by atoms with E-state index in [0.29, 0.717) is 22.6 Å². The number of hydrogen-bond acceptors (Lipinski definition) is 4. The molecule has 7 heteroatoms. The van der Waals surface area contributed by atoms with Crippen molar-refractivity contribution in [3.8, 4) is 5.75 Å². The summed E-state index contributed by atoms with van der Waals surface area (Å²) in [5.41, 5.74) is 1.99. The number of carbonyl (C=O) groups excluding carboxylic acids is 3. The molecule has 0 saturated carbocycles. The zero-order chi connectivity index (χ0) is 21.8. The molecule has 1 aliphatic rings. The average Bonchev–Trinajstić information content (AvgIpc) is 3.06. The van der Waals surface area contributed by atoms with Crippen LogP contribution in [0.15, 0.2) is 78.9 Å². The van der Waals surface area contributed by atoms with E-state index in [9.17, 15) is 14.4 Å². The standard InChI is InChI=1S/C24H21N3O4/c1-31-21-14-8-7-13-19(21)26-24(30)25-15-20(16-9-3-2-4-10-16)27-22(28)17-11-5-6-12-18(17)23(27)29/h2-14,20H,15H2,1H3,(H2,25,26,30). The second-order valence-electron chi connectivity index (χ2n) is 6.99. The van der Waals surface area contributed by atoms with Gasteiger partial charge in [0.05, 0.1) is 30.0 Å². The Balaban J connectivity index is 1.55. The monoisotopic (exact) mass is 415 g/mol. The fourth-order valence-electron chi connectivity index (χ4n) is 3.63. The fourth-order valence-corrected chi connectivity index (χ4v) is 3.63. The number of ether oxygens (including phenoxy) is 1. The summed E-state index contributed by atoms with van der Waals surface area (Å²) in [6.07, 6.45) is 0. The van der Waals surface area contributed by atoms with Crippen molar-refractivity contribution in [2.75, 3.05) is 19.0 Å². The highest BCUT2D eigenvalue weighted by Gasteiger charge is 2.40. The second kappa shape index (κ2) is 8.71. The molecule has 4 rings (SSSR count). The van der Waals surface area contributed by atoms with Crippen LogP contribution in [0.4, 0.5) is 10.5 Å². The van der Waals surface area contributed by atoms with Crippen LogP contribution in [0.1, 0.15) is 32.3 Å². The number of para-hydroxylation sites is 2. The lowest BCUT2D eigenvalue weighted by atomic mass is 10.1. The summed E-state index contributed by atoms with van der Waals surface area (Å²) in [6.45, 7) is 0.0520. The molecule has 2 N–H and O–H groups in total. The van der Waals surface area contributed by atoms with Gasteiger partial charge < -0.3 is 15.4 Å². The summed E-state index contributed by atoms with van der Waals surface area (Å²) in [4.78, 5) is 39.8. The van der Waals surface area contributed by atoms with Crippen LogP contribution in [-0.2, 0) is 0 Å². The Labute approximate surface area is 179 Å². The third kappa shape index (κ3) is 3.98. The SMILES string of the molecule is COc1ccccc1NC(=O)NCC(c1ccccc1)N1C(=O)c2ccccc2C1=O. The molecule has 156 valence electrons. The molecule has 0 spiro atoms. The predicted molar refractivity (Wildman–Crippen MR) is 116 cm³/mol. The van der Waals surface area contributed by atoms with Gasteiger partial charge in [0.2, 0.25) is 0 Å². The molecule has 1 heterocycles. The van der Waals surface area contributed by atoms with Crippen LogP contribution in [0.5, 0.6) is 5.75 Å². The molecule has 3 aromatic carbocycles. The van der Waals surface area contributed by atoms with Gasteiger partial charge in [-0.3, -0.25) is 14.5 Å². The molecule has 0 aliphatic carbocycles. The largest absolute Gasteiger partial charge is 0.495 e. The van der Waals surface area contributed by atoms with Gasteiger partial charge in [-0.15, -0.1) is 0 Å². The molecule has 1 aliphatic heterocycles. The van der Waals surface area contributed by atoms with Crippen LogP contribution in [-0.4, -0.2) is 36.4 Å². The Bertz CT molecular complexity index is 1100. The van der Waals surface area contributed by atoms with E-state index in [2.05, 4.69) is 10.6 Å². The van der Waals surface area contributed by atoms with Crippen LogP contribution < -0.4 is 15.4 Å². The minimum absolute atomic E-state index is 0.0520. The number of carbonyl (C=O) groups is 3. The Kier molecular flexibility index (Phi) is 5.66. The number of rotatable bonds is 6. The quantitative estimate of drug-likeness (QED) is 0.599. The number of urea groups is 1. The van der Waals surface area contributed by atoms with Gasteiger partial charge in [-0.05, 0) is 29.8 Å². The number of amides is 4. The summed E-state index contributed by atoms with van der Waals surface area (Å²) >= 11 is 0. The molecule has 0 saturated heterocycles. The summed E-state index contributed by atoms with van der Waals surface area (Å²) in [5.74, 6) is -0.222. The van der Waals surface area contributed by atoms with Crippen molar-refractivity contribution in [1.29, 1.82) is 0 Å². The summed E-state index contributed by atoms with van der Waals surface area (Å²) < 4.78 is 5.25. The molecular weight excluding hydrogens is 394 g/mol. The molecule has 0 radical (unpaired) electrons. The lowest BCUT2D eigenvalue weighted by molar-refractivity contribution is 0.0582. The van der Waals surface area contributed by atoms with Gasteiger partial charge in [-0.1, -0.05) is 54.6 Å². The van der Waals surface area contributed by atoms with Crippen molar-refractivity contribution in [1.82, 2.24) is 10.2 Å². The third-order valence-corrected chi connectivity index (χ3v) is 5.13. The fraction of sp³-hybridized carbons (Fsp3) is 0.125. The lowest BCUT2D eigenvalue weighted by Crippen LogP contribution is -2.42. The van der Waals surface area contributed by atoms with Gasteiger partial charge in [0.25, 0.3) is 11.8 Å². The lowest BCUT2D eigenvalue weighted by Gasteiger charge is -2.27. The molecule has 4 amide bonds. The van der Waals surface area contributed by atoms with Gasteiger partial charge in [0.1, 0.15) is 5.75 Å². The highest BCUT2D eigenvalue weighted by Crippen LogP contribution is 2.31. The topological polar surface area (TPSA) is 87.7 Å². The maximum absolute atomic E-state index is 13.0. The molecular formula is C24H21N3O4. The molecule has 0 bridgehead atoms. The first-order valence-corrected chi connectivity index (χ1v) is 9.80. The van der Waals surface area contributed by atoms with Crippen LogP contribution in [0, 0.1) is 0 Å². The minimum Gasteiger partial charge on any atom is -0.495 e. The highest BCUT2D eigenvalue weighted by molar-refractivity contribution is 6.21. The molecule has 1 atom stereocenters. The predicted octanol–water partition coefficient (Wildman–Crippen LogP) is 3.85. The third-order valence-electron chi connectivity index (χ3n) is 5.13. The molecule has 7 nitrogen and oxygen atoms in total. The molecule has 0 fully saturated rings. The van der Waals surface area contributed by atoms with Gasteiger partial charge >= 0.3 is 6.03 Å². The van der Waals surface area contributed by atoms with E-state index in [-0.39, 0.29) is 18.4 Å². The number of anilines is 1. The van der Waals surface area contributed by atoms with Crippen molar-refractivity contribution >= 4 is 23.5 Å². The van der Waals surface area contributed by atoms with Crippen LogP contribution in [0.2, 0.25) is 0 Å². The normalized spacial score (nSPS) is 13.5. The Hall–Kier alpha value is -4.13. The van der Waals surface area contributed by atoms with Crippen molar-refractivity contribution < 1.29 is 19.1 Å². The van der Waals surface area contributed by atoms with Gasteiger partial charge in [0.15, 0.2) is 0 Å². The van der Waals surface area contributed by atoms with E-state index in [0.717, 1.165) is 5.56 Å². The van der Waals surface area contributed by atoms with E-state index in [1.165, 1.54) is 12.0 Å². The van der Waals surface area contributed by atoms with E-state index in [1.54, 1.807) is 48.5 Å². The zero-order valence-electron chi connectivity index (χ0n) is 16.9. The number of methoxy groups -OCH3 is 1. The maximum Gasteiger partial charge on any atom is 0.319 e. The first kappa shape index (κ1) is 20.2. The first-order valence-electron chi connectivity index (χ1n) is 9.80. The summed E-state index contributed by atoms with van der Waals surface area (Å²) in [6, 6.07) is 21.8. The maximum atomic E-state index is 13.0. The number of hydrogen-bond donors (Lipinski definition) is 2. The van der Waals surface area contributed by atoms with Gasteiger partial charge in [-0.2, -0.15) is 0 Å². The van der Waals surface area contributed by atoms with Crippen molar-refractivity contribution in [3.63, 3.8) is 0 Å². The molecule has 31 heavy (non-hydrogen) atoms. The first-order chi connectivity index (χ1) is 15.1. The molecule has 1 unspecified atom stereocenters. The molecule has 0 aromatic heterocycles. The highest BCUT2D eigenvalue weighted by atomic mass is 16.5. The zero-order valence-corrected chi connectivity index (χ0v) is 16.9. The van der Waals surface area contributed by atoms with Crippen LogP contribution in [0.25, 0.3) is 0 Å². The number of nitrogens with one attached hydrogen (secondary N) is 2. The summed E-state index contributed by atoms with van der Waals surface area (Å²) in [7, 11) is 1.52. The van der Waals surface area contributed by atoms with Crippen molar-refractivity contribution in [2.45, 2.75) is 6.04 Å². The van der Waals surface area contributed by atoms with E-state index < -0.39 is 12.1 Å². The van der Waals surface area contributed by atoms with Crippen LogP contribution in [0.3, 0.4) is 0 Å². The van der Waals surface area contributed by atoms with Gasteiger partial charge in [-0.25, -0.2) is 4.79 Å².